The zero-order chi connectivity index (χ0) is 12.0. The first-order chi connectivity index (χ1) is 7.59. The molecule has 0 amide bonds. The molecule has 0 aliphatic rings. The van der Waals surface area contributed by atoms with Crippen molar-refractivity contribution in [1.82, 2.24) is 5.32 Å². The van der Waals surface area contributed by atoms with Crippen LogP contribution in [0.25, 0.3) is 6.08 Å². The Morgan fingerprint density at radius 1 is 1.38 bits per heavy atom. The van der Waals surface area contributed by atoms with E-state index in [0.717, 1.165) is 18.7 Å². The molecule has 1 aromatic rings. The van der Waals surface area contributed by atoms with Gasteiger partial charge in [0.1, 0.15) is 5.82 Å². The normalized spacial score (nSPS) is 11.6. The summed E-state index contributed by atoms with van der Waals surface area (Å²) in [7, 11) is 0. The van der Waals surface area contributed by atoms with Crippen molar-refractivity contribution < 1.29 is 4.39 Å². The van der Waals surface area contributed by atoms with Crippen molar-refractivity contribution in [3.8, 4) is 0 Å². The Hall–Kier alpha value is -1.15. The quantitative estimate of drug-likeness (QED) is 0.751. The Morgan fingerprint density at radius 3 is 2.81 bits per heavy atom. The van der Waals surface area contributed by atoms with E-state index >= 15 is 0 Å². The fraction of sp³-hybridized carbons (Fsp3) is 0.429. The summed E-state index contributed by atoms with van der Waals surface area (Å²) in [5.74, 6) is 0.481. The molecule has 0 heterocycles. The number of hydrogen-bond donors (Lipinski definition) is 1. The van der Waals surface area contributed by atoms with Crippen LogP contribution in [0.2, 0.25) is 0 Å². The molecule has 0 atom stereocenters. The van der Waals surface area contributed by atoms with Crippen LogP contribution < -0.4 is 5.32 Å². The third-order valence-corrected chi connectivity index (χ3v) is 2.26. The first-order valence-corrected chi connectivity index (χ1v) is 5.73. The molecule has 2 heteroatoms. The number of halogens is 1. The van der Waals surface area contributed by atoms with Crippen LogP contribution in [0, 0.1) is 18.7 Å². The van der Waals surface area contributed by atoms with E-state index in [9.17, 15) is 4.39 Å². The maximum absolute atomic E-state index is 13.3. The molecule has 0 aromatic heterocycles. The average molecular weight is 221 g/mol. The molecule has 0 bridgehead atoms. The van der Waals surface area contributed by atoms with E-state index in [1.54, 1.807) is 6.07 Å². The van der Waals surface area contributed by atoms with Gasteiger partial charge in [-0.2, -0.15) is 0 Å². The molecule has 0 unspecified atom stereocenters. The van der Waals surface area contributed by atoms with Gasteiger partial charge in [0, 0.05) is 12.1 Å². The van der Waals surface area contributed by atoms with Crippen LogP contribution in [-0.4, -0.2) is 13.1 Å². The van der Waals surface area contributed by atoms with Gasteiger partial charge in [-0.3, -0.25) is 0 Å². The maximum atomic E-state index is 13.3. The van der Waals surface area contributed by atoms with Crippen molar-refractivity contribution in [2.75, 3.05) is 13.1 Å². The molecule has 16 heavy (non-hydrogen) atoms. The lowest BCUT2D eigenvalue weighted by molar-refractivity contribution is 0.577. The molecule has 0 fully saturated rings. The molecule has 1 N–H and O–H groups in total. The van der Waals surface area contributed by atoms with E-state index in [4.69, 9.17) is 0 Å². The van der Waals surface area contributed by atoms with Crippen LogP contribution in [-0.2, 0) is 0 Å². The SMILES string of the molecule is Cc1ccc(F)c(/C=C/CNCC(C)C)c1. The third-order valence-electron chi connectivity index (χ3n) is 2.26. The minimum absolute atomic E-state index is 0.161. The zero-order valence-electron chi connectivity index (χ0n) is 10.3. The van der Waals surface area contributed by atoms with Gasteiger partial charge in [0.15, 0.2) is 0 Å². The first kappa shape index (κ1) is 12.9. The Kier molecular flexibility index (Phi) is 5.20. The van der Waals surface area contributed by atoms with Crippen molar-refractivity contribution in [3.63, 3.8) is 0 Å². The number of rotatable bonds is 5. The van der Waals surface area contributed by atoms with Crippen LogP contribution in [0.4, 0.5) is 4.39 Å². The van der Waals surface area contributed by atoms with E-state index in [2.05, 4.69) is 19.2 Å². The fourth-order valence-corrected chi connectivity index (χ4v) is 1.43. The van der Waals surface area contributed by atoms with Crippen LogP contribution in [0.3, 0.4) is 0 Å². The van der Waals surface area contributed by atoms with Crippen molar-refractivity contribution >= 4 is 6.08 Å². The highest BCUT2D eigenvalue weighted by Crippen LogP contribution is 2.11. The molecule has 1 rings (SSSR count). The van der Waals surface area contributed by atoms with Gasteiger partial charge in [-0.1, -0.05) is 37.6 Å². The van der Waals surface area contributed by atoms with Gasteiger partial charge in [0.25, 0.3) is 0 Å². The summed E-state index contributed by atoms with van der Waals surface area (Å²) in [6.45, 7) is 8.06. The van der Waals surface area contributed by atoms with Crippen molar-refractivity contribution in [2.45, 2.75) is 20.8 Å². The van der Waals surface area contributed by atoms with Crippen molar-refractivity contribution in [2.24, 2.45) is 5.92 Å². The molecular weight excluding hydrogens is 201 g/mol. The summed E-state index contributed by atoms with van der Waals surface area (Å²) in [6.07, 6.45) is 3.79. The van der Waals surface area contributed by atoms with E-state index in [1.807, 2.05) is 25.1 Å². The second-order valence-electron chi connectivity index (χ2n) is 4.48. The minimum atomic E-state index is -0.161. The number of aryl methyl sites for hydroxylation is 1. The van der Waals surface area contributed by atoms with Crippen LogP contribution in [0.1, 0.15) is 25.0 Å². The van der Waals surface area contributed by atoms with Crippen LogP contribution in [0.15, 0.2) is 24.3 Å². The monoisotopic (exact) mass is 221 g/mol. The predicted octanol–water partition coefficient (Wildman–Crippen LogP) is 3.39. The summed E-state index contributed by atoms with van der Waals surface area (Å²) in [4.78, 5) is 0. The smallest absolute Gasteiger partial charge is 0.130 e. The maximum Gasteiger partial charge on any atom is 0.130 e. The predicted molar refractivity (Wildman–Crippen MR) is 67.9 cm³/mol. The molecule has 0 aliphatic carbocycles. The van der Waals surface area contributed by atoms with E-state index < -0.39 is 0 Å². The lowest BCUT2D eigenvalue weighted by atomic mass is 10.1. The second-order valence-corrected chi connectivity index (χ2v) is 4.48. The summed E-state index contributed by atoms with van der Waals surface area (Å²) < 4.78 is 13.3. The molecular formula is C14H20FN. The molecule has 88 valence electrons. The molecule has 1 nitrogen and oxygen atoms in total. The summed E-state index contributed by atoms with van der Waals surface area (Å²) >= 11 is 0. The lowest BCUT2D eigenvalue weighted by Gasteiger charge is -2.04. The Bertz CT molecular complexity index is 356. The van der Waals surface area contributed by atoms with Gasteiger partial charge < -0.3 is 5.32 Å². The first-order valence-electron chi connectivity index (χ1n) is 5.73. The summed E-state index contributed by atoms with van der Waals surface area (Å²) in [5, 5.41) is 3.28. The molecule has 0 radical (unpaired) electrons. The van der Waals surface area contributed by atoms with Crippen LogP contribution in [0.5, 0.6) is 0 Å². The molecule has 0 saturated carbocycles. The summed E-state index contributed by atoms with van der Waals surface area (Å²) in [6, 6.07) is 5.15. The van der Waals surface area contributed by atoms with E-state index in [1.165, 1.54) is 6.07 Å². The Balaban J connectivity index is 2.46. The molecule has 0 saturated heterocycles. The Labute approximate surface area is 97.4 Å². The average Bonchev–Trinajstić information content (AvgIpc) is 2.22. The number of hydrogen-bond acceptors (Lipinski definition) is 1. The van der Waals surface area contributed by atoms with Gasteiger partial charge in [0.05, 0.1) is 0 Å². The third kappa shape index (κ3) is 4.58. The lowest BCUT2D eigenvalue weighted by Crippen LogP contribution is -2.19. The molecule has 0 spiro atoms. The van der Waals surface area contributed by atoms with Gasteiger partial charge in [-0.15, -0.1) is 0 Å². The highest BCUT2D eigenvalue weighted by Gasteiger charge is 1.97. The van der Waals surface area contributed by atoms with E-state index in [-0.39, 0.29) is 5.82 Å². The highest BCUT2D eigenvalue weighted by molar-refractivity contribution is 5.51. The highest BCUT2D eigenvalue weighted by atomic mass is 19.1. The van der Waals surface area contributed by atoms with Gasteiger partial charge >= 0.3 is 0 Å². The summed E-state index contributed by atoms with van der Waals surface area (Å²) in [5.41, 5.74) is 1.74. The topological polar surface area (TPSA) is 12.0 Å². The number of benzene rings is 1. The zero-order valence-corrected chi connectivity index (χ0v) is 10.3. The van der Waals surface area contributed by atoms with Crippen LogP contribution >= 0.6 is 0 Å². The Morgan fingerprint density at radius 2 is 2.12 bits per heavy atom. The standard InChI is InChI=1S/C14H20FN/c1-11(2)10-16-8-4-5-13-9-12(3)6-7-14(13)15/h4-7,9,11,16H,8,10H2,1-3H3/b5-4+. The van der Waals surface area contributed by atoms with Gasteiger partial charge in [0.2, 0.25) is 0 Å². The largest absolute Gasteiger partial charge is 0.313 e. The molecule has 1 aromatic carbocycles. The van der Waals surface area contributed by atoms with Gasteiger partial charge in [-0.25, -0.2) is 4.39 Å². The number of nitrogens with one attached hydrogen (secondary N) is 1. The fourth-order valence-electron chi connectivity index (χ4n) is 1.43. The van der Waals surface area contributed by atoms with Crippen molar-refractivity contribution in [1.29, 1.82) is 0 Å². The molecule has 0 aliphatic heterocycles. The van der Waals surface area contributed by atoms with Gasteiger partial charge in [-0.05, 0) is 31.5 Å². The second kappa shape index (κ2) is 6.44. The van der Waals surface area contributed by atoms with Crippen molar-refractivity contribution in [3.05, 3.63) is 41.2 Å². The minimum Gasteiger partial charge on any atom is -0.313 e. The van der Waals surface area contributed by atoms with E-state index in [0.29, 0.717) is 11.5 Å².